The standard InChI is InChI=1S/C24H19NO3Se/c1-16(29-19-8-4-3-5-9-19)24(17-12-14-18(28-2)15-13-17)20-10-6-7-11-21(20)25-23(27)22(24)26/h3-15H,1H2,2H3,(H,25,27). The summed E-state index contributed by atoms with van der Waals surface area (Å²) in [5.41, 5.74) is 0.866. The van der Waals surface area contributed by atoms with Crippen molar-refractivity contribution in [1.29, 1.82) is 0 Å². The number of benzene rings is 3. The van der Waals surface area contributed by atoms with E-state index in [-0.39, 0.29) is 15.0 Å². The van der Waals surface area contributed by atoms with Gasteiger partial charge in [-0.1, -0.05) is 0 Å². The quantitative estimate of drug-likeness (QED) is 0.482. The Labute approximate surface area is 175 Å². The van der Waals surface area contributed by atoms with Gasteiger partial charge in [-0.25, -0.2) is 0 Å². The number of nitrogens with one attached hydrogen (secondary N) is 1. The minimum atomic E-state index is -1.24. The van der Waals surface area contributed by atoms with Crippen LogP contribution in [0.15, 0.2) is 89.9 Å². The van der Waals surface area contributed by atoms with Gasteiger partial charge in [-0.3, -0.25) is 0 Å². The van der Waals surface area contributed by atoms with Crippen molar-refractivity contribution in [2.75, 3.05) is 12.4 Å². The van der Waals surface area contributed by atoms with Crippen molar-refractivity contribution in [1.82, 2.24) is 0 Å². The summed E-state index contributed by atoms with van der Waals surface area (Å²) in [7, 11) is 1.59. The number of rotatable bonds is 5. The SMILES string of the molecule is C=C([Se]c1ccccc1)C1(c2ccc(OC)cc2)C(=O)C(=O)Nc2ccccc21. The molecular weight excluding hydrogens is 429 g/mol. The molecule has 3 aromatic carbocycles. The van der Waals surface area contributed by atoms with Gasteiger partial charge in [0.25, 0.3) is 0 Å². The molecule has 1 atom stereocenters. The Balaban J connectivity index is 1.95. The molecule has 0 saturated heterocycles. The summed E-state index contributed by atoms with van der Waals surface area (Å²) in [6.07, 6.45) is 0. The summed E-state index contributed by atoms with van der Waals surface area (Å²) in [6.45, 7) is 4.34. The number of fused-ring (bicyclic) bond motifs is 1. The molecule has 5 heteroatoms. The van der Waals surface area contributed by atoms with Gasteiger partial charge in [0.2, 0.25) is 0 Å². The van der Waals surface area contributed by atoms with Crippen molar-refractivity contribution < 1.29 is 14.3 Å². The van der Waals surface area contributed by atoms with Crippen molar-refractivity contribution in [3.63, 3.8) is 0 Å². The first-order valence-corrected chi connectivity index (χ1v) is 10.8. The fourth-order valence-corrected chi connectivity index (χ4v) is 5.87. The Morgan fingerprint density at radius 1 is 0.931 bits per heavy atom. The van der Waals surface area contributed by atoms with Gasteiger partial charge in [0.05, 0.1) is 0 Å². The van der Waals surface area contributed by atoms with E-state index in [1.54, 1.807) is 7.11 Å². The molecule has 0 bridgehead atoms. The fraction of sp³-hybridized carbons (Fsp3) is 0.0833. The summed E-state index contributed by atoms with van der Waals surface area (Å²) in [5, 5.41) is 2.73. The number of carbonyl (C=O) groups excluding carboxylic acids is 2. The van der Waals surface area contributed by atoms with Crippen molar-refractivity contribution in [2.24, 2.45) is 0 Å². The molecule has 1 heterocycles. The maximum atomic E-state index is 13.5. The first-order valence-electron chi connectivity index (χ1n) is 9.09. The Morgan fingerprint density at radius 2 is 1.59 bits per heavy atom. The molecule has 0 radical (unpaired) electrons. The Kier molecular flexibility index (Phi) is 5.10. The number of para-hydroxylation sites is 1. The molecule has 3 aromatic rings. The van der Waals surface area contributed by atoms with Gasteiger partial charge in [0.15, 0.2) is 0 Å². The Morgan fingerprint density at radius 3 is 2.28 bits per heavy atom. The first kappa shape index (κ1) is 19.2. The number of Topliss-reactive ketones (excluding diaryl/α,β-unsaturated/α-hetero) is 1. The maximum absolute atomic E-state index is 13.5. The van der Waals surface area contributed by atoms with E-state index < -0.39 is 17.1 Å². The van der Waals surface area contributed by atoms with E-state index in [9.17, 15) is 9.59 Å². The van der Waals surface area contributed by atoms with Gasteiger partial charge in [-0.2, -0.15) is 0 Å². The van der Waals surface area contributed by atoms with Crippen LogP contribution in [-0.2, 0) is 15.0 Å². The number of ketones is 1. The van der Waals surface area contributed by atoms with E-state index in [1.165, 1.54) is 0 Å². The van der Waals surface area contributed by atoms with Crippen molar-refractivity contribution in [3.05, 3.63) is 101 Å². The number of anilines is 1. The third-order valence-corrected chi connectivity index (χ3v) is 7.28. The zero-order valence-corrected chi connectivity index (χ0v) is 17.6. The molecule has 0 saturated carbocycles. The molecule has 4 rings (SSSR count). The van der Waals surface area contributed by atoms with E-state index in [4.69, 9.17) is 4.74 Å². The summed E-state index contributed by atoms with van der Waals surface area (Å²) in [5.74, 6) is -0.447. The Bertz CT molecular complexity index is 1090. The van der Waals surface area contributed by atoms with Gasteiger partial charge in [0, 0.05) is 0 Å². The first-order chi connectivity index (χ1) is 14.1. The summed E-state index contributed by atoms with van der Waals surface area (Å²) in [6, 6.07) is 24.7. The van der Waals surface area contributed by atoms with E-state index in [0.29, 0.717) is 21.5 Å². The monoisotopic (exact) mass is 449 g/mol. The molecule has 1 aliphatic heterocycles. The molecule has 4 nitrogen and oxygen atoms in total. The average Bonchev–Trinajstić information content (AvgIpc) is 2.76. The number of hydrogen-bond acceptors (Lipinski definition) is 3. The number of methoxy groups -OCH3 is 1. The van der Waals surface area contributed by atoms with Crippen molar-refractivity contribution >= 4 is 36.8 Å². The molecule has 0 fully saturated rings. The zero-order valence-electron chi connectivity index (χ0n) is 15.8. The fourth-order valence-electron chi connectivity index (χ4n) is 3.66. The molecule has 1 amide bonds. The van der Waals surface area contributed by atoms with Crippen LogP contribution in [-0.4, -0.2) is 33.8 Å². The van der Waals surface area contributed by atoms with Crippen LogP contribution in [0.25, 0.3) is 0 Å². The second kappa shape index (κ2) is 7.70. The van der Waals surface area contributed by atoms with Crippen LogP contribution in [0.2, 0.25) is 0 Å². The van der Waals surface area contributed by atoms with Gasteiger partial charge in [-0.15, -0.1) is 0 Å². The van der Waals surface area contributed by atoms with E-state index in [2.05, 4.69) is 11.9 Å². The molecule has 0 aromatic heterocycles. The molecule has 1 aliphatic rings. The molecule has 0 aliphatic carbocycles. The van der Waals surface area contributed by atoms with Gasteiger partial charge in [0.1, 0.15) is 0 Å². The van der Waals surface area contributed by atoms with E-state index >= 15 is 0 Å². The number of hydrogen-bond donors (Lipinski definition) is 1. The second-order valence-corrected chi connectivity index (χ2v) is 9.10. The van der Waals surface area contributed by atoms with Crippen LogP contribution in [0, 0.1) is 0 Å². The number of amides is 1. The number of allylic oxidation sites excluding steroid dienone is 1. The predicted molar refractivity (Wildman–Crippen MR) is 115 cm³/mol. The predicted octanol–water partition coefficient (Wildman–Crippen LogP) is 3.05. The molecule has 29 heavy (non-hydrogen) atoms. The van der Waals surface area contributed by atoms with Gasteiger partial charge in [-0.05, 0) is 0 Å². The minimum absolute atomic E-state index is 0.221. The van der Waals surface area contributed by atoms with Crippen LogP contribution >= 0.6 is 0 Å². The Hall–Kier alpha value is -3.14. The third kappa shape index (κ3) is 3.19. The molecule has 1 N–H and O–H groups in total. The van der Waals surface area contributed by atoms with E-state index in [1.807, 2.05) is 78.9 Å². The van der Waals surface area contributed by atoms with Crippen LogP contribution in [0.1, 0.15) is 11.1 Å². The molecular formula is C24H19NO3Se. The van der Waals surface area contributed by atoms with Crippen molar-refractivity contribution in [3.8, 4) is 5.75 Å². The van der Waals surface area contributed by atoms with Crippen LogP contribution in [0.3, 0.4) is 0 Å². The number of ether oxygens (including phenoxy) is 1. The molecule has 1 unspecified atom stereocenters. The summed E-state index contributed by atoms with van der Waals surface area (Å²) >= 11 is -0.221. The summed E-state index contributed by atoms with van der Waals surface area (Å²) < 4.78 is 7.09. The normalized spacial score (nSPS) is 18.0. The van der Waals surface area contributed by atoms with E-state index in [0.717, 1.165) is 10.0 Å². The third-order valence-electron chi connectivity index (χ3n) is 5.05. The van der Waals surface area contributed by atoms with Crippen LogP contribution < -0.4 is 14.5 Å². The molecule has 144 valence electrons. The zero-order chi connectivity index (χ0) is 20.4. The van der Waals surface area contributed by atoms with Crippen LogP contribution in [0.5, 0.6) is 5.75 Å². The average molecular weight is 448 g/mol. The van der Waals surface area contributed by atoms with Crippen LogP contribution in [0.4, 0.5) is 5.69 Å². The topological polar surface area (TPSA) is 55.4 Å². The van der Waals surface area contributed by atoms with Crippen molar-refractivity contribution in [2.45, 2.75) is 5.41 Å². The number of carbonyl (C=O) groups is 2. The van der Waals surface area contributed by atoms with Gasteiger partial charge < -0.3 is 0 Å². The molecule has 0 spiro atoms. The summed E-state index contributed by atoms with van der Waals surface area (Å²) in [4.78, 5) is 26.2. The van der Waals surface area contributed by atoms with Gasteiger partial charge >= 0.3 is 176 Å². The second-order valence-electron chi connectivity index (χ2n) is 6.65.